The molecule has 0 bridgehead atoms. The highest BCUT2D eigenvalue weighted by Crippen LogP contribution is 2.29. The Morgan fingerprint density at radius 3 is 2.61 bits per heavy atom. The van der Waals surface area contributed by atoms with Crippen molar-refractivity contribution in [1.29, 1.82) is 0 Å². The van der Waals surface area contributed by atoms with Gasteiger partial charge in [0.25, 0.3) is 0 Å². The second-order valence-electron chi connectivity index (χ2n) is 7.86. The highest BCUT2D eigenvalue weighted by atomic mass is 35.5. The van der Waals surface area contributed by atoms with Crippen LogP contribution >= 0.6 is 35.2 Å². The Labute approximate surface area is 220 Å². The summed E-state index contributed by atoms with van der Waals surface area (Å²) in [5.74, 6) is 1.59. The maximum Gasteiger partial charge on any atom is 0.250 e. The third kappa shape index (κ3) is 5.20. The molecule has 0 spiro atoms. The van der Waals surface area contributed by atoms with E-state index in [0.29, 0.717) is 16.5 Å². The first-order valence-electron chi connectivity index (χ1n) is 10.8. The van der Waals surface area contributed by atoms with Crippen LogP contribution in [0.25, 0.3) is 32.9 Å². The standard InChI is InChI=1S/C25H19ClN6O2S2/c1-14-13-17(23-31-32-15(2)29-30-25(32)36-23)5-10-20(14)27-24(35)28-22(33)12-9-19-8-11-21(34-19)16-3-6-18(26)7-4-16/h3-13H,1-2H3,(H2,27,28,33,35). The summed E-state index contributed by atoms with van der Waals surface area (Å²) in [6.45, 7) is 3.82. The second kappa shape index (κ2) is 10.0. The number of nitrogens with zero attached hydrogens (tertiary/aromatic N) is 4. The molecule has 2 N–H and O–H groups in total. The number of amides is 1. The molecule has 5 rings (SSSR count). The van der Waals surface area contributed by atoms with Gasteiger partial charge in [-0.05, 0) is 92.3 Å². The van der Waals surface area contributed by atoms with E-state index in [-0.39, 0.29) is 11.0 Å². The predicted molar refractivity (Wildman–Crippen MR) is 146 cm³/mol. The molecule has 3 heterocycles. The zero-order valence-corrected chi connectivity index (χ0v) is 21.5. The number of fused-ring (bicyclic) bond motifs is 1. The molecule has 36 heavy (non-hydrogen) atoms. The third-order valence-electron chi connectivity index (χ3n) is 5.26. The summed E-state index contributed by atoms with van der Waals surface area (Å²) in [5, 5.41) is 20.1. The number of benzene rings is 2. The number of furan rings is 1. The zero-order valence-electron chi connectivity index (χ0n) is 19.2. The molecule has 0 fully saturated rings. The number of hydrogen-bond donors (Lipinski definition) is 2. The van der Waals surface area contributed by atoms with Gasteiger partial charge in [-0.15, -0.1) is 10.2 Å². The fraction of sp³-hybridized carbons (Fsp3) is 0.0800. The Bertz CT molecular complexity index is 1620. The van der Waals surface area contributed by atoms with Gasteiger partial charge < -0.3 is 9.73 Å². The Balaban J connectivity index is 1.19. The number of carbonyl (C=O) groups is 1. The van der Waals surface area contributed by atoms with E-state index in [1.807, 2.05) is 50.2 Å². The molecule has 0 aliphatic heterocycles. The Morgan fingerprint density at radius 1 is 1.08 bits per heavy atom. The van der Waals surface area contributed by atoms with E-state index in [9.17, 15) is 4.79 Å². The number of aryl methyl sites for hydroxylation is 2. The van der Waals surface area contributed by atoms with E-state index in [2.05, 4.69) is 25.9 Å². The summed E-state index contributed by atoms with van der Waals surface area (Å²) in [5.41, 5.74) is 3.59. The zero-order chi connectivity index (χ0) is 25.2. The van der Waals surface area contributed by atoms with E-state index < -0.39 is 0 Å². The molecule has 0 aliphatic rings. The minimum absolute atomic E-state index is 0.191. The lowest BCUT2D eigenvalue weighted by Crippen LogP contribution is -2.33. The molecule has 0 unspecified atom stereocenters. The van der Waals surface area contributed by atoms with E-state index in [1.165, 1.54) is 17.4 Å². The van der Waals surface area contributed by atoms with E-state index in [0.717, 1.165) is 38.2 Å². The molecule has 5 aromatic rings. The Kier molecular flexibility index (Phi) is 6.64. The van der Waals surface area contributed by atoms with Crippen LogP contribution in [0.4, 0.5) is 5.69 Å². The van der Waals surface area contributed by atoms with Crippen LogP contribution in [0.3, 0.4) is 0 Å². The van der Waals surface area contributed by atoms with Gasteiger partial charge in [0.2, 0.25) is 10.9 Å². The van der Waals surface area contributed by atoms with E-state index >= 15 is 0 Å². The number of halogens is 1. The molecule has 11 heteroatoms. The van der Waals surface area contributed by atoms with Crippen LogP contribution in [0.15, 0.2) is 65.1 Å². The van der Waals surface area contributed by atoms with Crippen molar-refractivity contribution in [2.45, 2.75) is 13.8 Å². The highest BCUT2D eigenvalue weighted by molar-refractivity contribution is 7.80. The average Bonchev–Trinajstić information content (AvgIpc) is 3.57. The van der Waals surface area contributed by atoms with Crippen molar-refractivity contribution in [3.05, 3.63) is 82.8 Å². The molecule has 0 atom stereocenters. The van der Waals surface area contributed by atoms with Crippen molar-refractivity contribution in [2.75, 3.05) is 5.32 Å². The van der Waals surface area contributed by atoms with Crippen molar-refractivity contribution in [2.24, 2.45) is 0 Å². The molecule has 0 radical (unpaired) electrons. The van der Waals surface area contributed by atoms with Crippen LogP contribution in [0.2, 0.25) is 5.02 Å². The van der Waals surface area contributed by atoms with Gasteiger partial charge in [-0.3, -0.25) is 10.1 Å². The average molecular weight is 535 g/mol. The Hall–Kier alpha value is -3.86. The lowest BCUT2D eigenvalue weighted by molar-refractivity contribution is -0.115. The minimum Gasteiger partial charge on any atom is -0.457 e. The minimum atomic E-state index is -0.374. The lowest BCUT2D eigenvalue weighted by atomic mass is 10.1. The lowest BCUT2D eigenvalue weighted by Gasteiger charge is -2.11. The van der Waals surface area contributed by atoms with Gasteiger partial charge in [0.1, 0.15) is 16.5 Å². The normalized spacial score (nSPS) is 11.3. The molecule has 3 aromatic heterocycles. The van der Waals surface area contributed by atoms with Crippen LogP contribution in [0.5, 0.6) is 0 Å². The van der Waals surface area contributed by atoms with Crippen molar-refractivity contribution >= 4 is 62.9 Å². The molecule has 0 aliphatic carbocycles. The smallest absolute Gasteiger partial charge is 0.250 e. The fourth-order valence-corrected chi connectivity index (χ4v) is 4.66. The molecule has 1 amide bonds. The summed E-state index contributed by atoms with van der Waals surface area (Å²) in [6.07, 6.45) is 2.95. The summed E-state index contributed by atoms with van der Waals surface area (Å²) in [4.78, 5) is 13.1. The number of nitrogens with one attached hydrogen (secondary N) is 2. The first-order valence-corrected chi connectivity index (χ1v) is 12.4. The second-order valence-corrected chi connectivity index (χ2v) is 9.66. The molecular weight excluding hydrogens is 516 g/mol. The van der Waals surface area contributed by atoms with Crippen LogP contribution in [-0.2, 0) is 4.79 Å². The highest BCUT2D eigenvalue weighted by Gasteiger charge is 2.12. The van der Waals surface area contributed by atoms with Gasteiger partial charge in [-0.2, -0.15) is 9.61 Å². The number of rotatable bonds is 5. The van der Waals surface area contributed by atoms with Crippen LogP contribution < -0.4 is 10.6 Å². The fourth-order valence-electron chi connectivity index (χ4n) is 3.45. The Morgan fingerprint density at radius 2 is 1.86 bits per heavy atom. The molecule has 0 saturated carbocycles. The van der Waals surface area contributed by atoms with Gasteiger partial charge in [0, 0.05) is 27.9 Å². The van der Waals surface area contributed by atoms with Crippen molar-refractivity contribution < 1.29 is 9.21 Å². The number of anilines is 1. The first kappa shape index (κ1) is 23.9. The molecule has 0 saturated heterocycles. The van der Waals surface area contributed by atoms with E-state index in [1.54, 1.807) is 28.8 Å². The molecule has 180 valence electrons. The first-order chi connectivity index (χ1) is 17.4. The van der Waals surface area contributed by atoms with Crippen molar-refractivity contribution in [3.8, 4) is 21.9 Å². The van der Waals surface area contributed by atoms with Crippen LogP contribution in [-0.4, -0.2) is 30.8 Å². The number of aromatic nitrogens is 4. The van der Waals surface area contributed by atoms with Gasteiger partial charge in [0.05, 0.1) is 0 Å². The third-order valence-corrected chi connectivity index (χ3v) is 6.66. The summed E-state index contributed by atoms with van der Waals surface area (Å²) >= 11 is 12.7. The summed E-state index contributed by atoms with van der Waals surface area (Å²) in [6, 6.07) is 16.8. The molecular formula is C25H19ClN6O2S2. The monoisotopic (exact) mass is 534 g/mol. The largest absolute Gasteiger partial charge is 0.457 e. The summed E-state index contributed by atoms with van der Waals surface area (Å²) < 4.78 is 7.50. The van der Waals surface area contributed by atoms with Crippen molar-refractivity contribution in [3.63, 3.8) is 0 Å². The SMILES string of the molecule is Cc1cc(-c2nn3c(C)nnc3s2)ccc1NC(=S)NC(=O)C=Cc1ccc(-c2ccc(Cl)cc2)o1. The quantitative estimate of drug-likeness (QED) is 0.214. The maximum absolute atomic E-state index is 12.3. The van der Waals surface area contributed by atoms with E-state index in [4.69, 9.17) is 28.2 Å². The number of thiocarbonyl (C=S) groups is 1. The summed E-state index contributed by atoms with van der Waals surface area (Å²) in [7, 11) is 0. The van der Waals surface area contributed by atoms with Crippen LogP contribution in [0.1, 0.15) is 17.1 Å². The van der Waals surface area contributed by atoms with Gasteiger partial charge in [0.15, 0.2) is 10.9 Å². The predicted octanol–water partition coefficient (Wildman–Crippen LogP) is 5.91. The van der Waals surface area contributed by atoms with Gasteiger partial charge >= 0.3 is 0 Å². The topological polar surface area (TPSA) is 97.4 Å². The molecule has 8 nitrogen and oxygen atoms in total. The van der Waals surface area contributed by atoms with Gasteiger partial charge in [-0.1, -0.05) is 22.9 Å². The molecule has 2 aromatic carbocycles. The maximum atomic E-state index is 12.3. The number of carbonyl (C=O) groups excluding carboxylic acids is 1. The van der Waals surface area contributed by atoms with Crippen molar-refractivity contribution in [1.82, 2.24) is 25.1 Å². The van der Waals surface area contributed by atoms with Crippen LogP contribution in [0, 0.1) is 13.8 Å². The number of hydrogen-bond acceptors (Lipinski definition) is 7. The van der Waals surface area contributed by atoms with Gasteiger partial charge in [-0.25, -0.2) is 0 Å².